The summed E-state index contributed by atoms with van der Waals surface area (Å²) in [5, 5.41) is 9.25. The van der Waals surface area contributed by atoms with Crippen LogP contribution in [0.5, 0.6) is 0 Å². The summed E-state index contributed by atoms with van der Waals surface area (Å²) in [6.07, 6.45) is 9.10. The van der Waals surface area contributed by atoms with E-state index in [9.17, 15) is 0 Å². The van der Waals surface area contributed by atoms with Gasteiger partial charge in [-0.15, -0.1) is 5.10 Å². The Bertz CT molecular complexity index is 815. The lowest BCUT2D eigenvalue weighted by molar-refractivity contribution is 0.469. The van der Waals surface area contributed by atoms with Crippen LogP contribution in [0.25, 0.3) is 16.6 Å². The first-order chi connectivity index (χ1) is 11.3. The van der Waals surface area contributed by atoms with Crippen LogP contribution < -0.4 is 5.32 Å². The molecule has 0 spiro atoms. The summed E-state index contributed by atoms with van der Waals surface area (Å²) in [7, 11) is 0. The second-order valence-corrected chi connectivity index (χ2v) is 6.53. The fourth-order valence-electron chi connectivity index (χ4n) is 3.54. The molecule has 1 saturated carbocycles. The number of para-hydroxylation sites is 1. The van der Waals surface area contributed by atoms with Crippen LogP contribution in [0, 0.1) is 6.92 Å². The largest absolute Gasteiger partial charge is 0.351 e. The summed E-state index contributed by atoms with van der Waals surface area (Å²) in [4.78, 5) is 9.41. The summed E-state index contributed by atoms with van der Waals surface area (Å²) in [5.74, 6) is 1.61. The van der Waals surface area contributed by atoms with Crippen molar-refractivity contribution in [3.8, 4) is 0 Å². The van der Waals surface area contributed by atoms with E-state index in [2.05, 4.69) is 21.5 Å². The minimum Gasteiger partial charge on any atom is -0.351 e. The van der Waals surface area contributed by atoms with Crippen LogP contribution in [-0.4, -0.2) is 25.6 Å². The molecular formula is C18H23N5. The second-order valence-electron chi connectivity index (χ2n) is 6.53. The Morgan fingerprint density at radius 1 is 1.00 bits per heavy atom. The van der Waals surface area contributed by atoms with Crippen LogP contribution in [-0.2, 0) is 0 Å². The molecule has 2 aromatic heterocycles. The van der Waals surface area contributed by atoms with Gasteiger partial charge in [0.25, 0.3) is 0 Å². The third kappa shape index (κ3) is 2.87. The Morgan fingerprint density at radius 2 is 1.74 bits per heavy atom. The number of hydrogen-bond acceptors (Lipinski definition) is 4. The van der Waals surface area contributed by atoms with Crippen molar-refractivity contribution in [2.45, 2.75) is 57.9 Å². The van der Waals surface area contributed by atoms with E-state index in [1.807, 2.05) is 29.6 Å². The summed E-state index contributed by atoms with van der Waals surface area (Å²) < 4.78 is 1.87. The van der Waals surface area contributed by atoms with Gasteiger partial charge in [-0.25, -0.2) is 9.97 Å². The Balaban J connectivity index is 1.75. The molecule has 2 heterocycles. The van der Waals surface area contributed by atoms with Crippen molar-refractivity contribution in [1.82, 2.24) is 19.6 Å². The van der Waals surface area contributed by atoms with E-state index in [1.54, 1.807) is 0 Å². The molecule has 0 unspecified atom stereocenters. The minimum absolute atomic E-state index is 0.483. The summed E-state index contributed by atoms with van der Waals surface area (Å²) in [6, 6.07) is 8.63. The van der Waals surface area contributed by atoms with Gasteiger partial charge in [0.1, 0.15) is 5.82 Å². The van der Waals surface area contributed by atoms with Gasteiger partial charge in [0.15, 0.2) is 5.65 Å². The topological polar surface area (TPSA) is 55.1 Å². The molecule has 120 valence electrons. The summed E-state index contributed by atoms with van der Waals surface area (Å²) in [6.45, 7) is 1.93. The average molecular weight is 309 g/mol. The number of fused-ring (bicyclic) bond motifs is 3. The molecule has 0 atom stereocenters. The van der Waals surface area contributed by atoms with Crippen LogP contribution in [0.1, 0.15) is 50.8 Å². The minimum atomic E-state index is 0.483. The molecular weight excluding hydrogens is 286 g/mol. The molecule has 1 aliphatic carbocycles. The van der Waals surface area contributed by atoms with Crippen molar-refractivity contribution >= 4 is 22.5 Å². The van der Waals surface area contributed by atoms with Gasteiger partial charge in [-0.1, -0.05) is 44.2 Å². The number of nitrogens with zero attached hydrogens (tertiary/aromatic N) is 4. The third-order valence-electron chi connectivity index (χ3n) is 4.72. The zero-order valence-electron chi connectivity index (χ0n) is 13.6. The maximum absolute atomic E-state index is 4.81. The molecule has 0 radical (unpaired) electrons. The molecule has 23 heavy (non-hydrogen) atoms. The quantitative estimate of drug-likeness (QED) is 0.774. The van der Waals surface area contributed by atoms with E-state index in [1.165, 1.54) is 44.9 Å². The van der Waals surface area contributed by atoms with Gasteiger partial charge >= 0.3 is 0 Å². The van der Waals surface area contributed by atoms with Crippen molar-refractivity contribution in [2.24, 2.45) is 0 Å². The SMILES string of the molecule is Cc1nc2c3ccccc3nc(NC3CCCCCCC3)n2n1. The molecule has 0 bridgehead atoms. The Kier molecular flexibility index (Phi) is 3.85. The molecule has 0 amide bonds. The van der Waals surface area contributed by atoms with E-state index >= 15 is 0 Å². The van der Waals surface area contributed by atoms with Crippen molar-refractivity contribution < 1.29 is 0 Å². The Hall–Kier alpha value is -2.17. The van der Waals surface area contributed by atoms with Crippen molar-refractivity contribution in [3.63, 3.8) is 0 Å². The van der Waals surface area contributed by atoms with E-state index in [0.29, 0.717) is 6.04 Å². The van der Waals surface area contributed by atoms with E-state index in [4.69, 9.17) is 4.98 Å². The molecule has 3 aromatic rings. The van der Waals surface area contributed by atoms with Gasteiger partial charge in [0.05, 0.1) is 5.52 Å². The van der Waals surface area contributed by atoms with Crippen LogP contribution in [0.15, 0.2) is 24.3 Å². The molecule has 1 fully saturated rings. The smallest absolute Gasteiger partial charge is 0.226 e. The highest BCUT2D eigenvalue weighted by molar-refractivity contribution is 5.92. The zero-order valence-corrected chi connectivity index (χ0v) is 13.6. The highest BCUT2D eigenvalue weighted by Crippen LogP contribution is 2.24. The number of aromatic nitrogens is 4. The third-order valence-corrected chi connectivity index (χ3v) is 4.72. The maximum Gasteiger partial charge on any atom is 0.226 e. The Labute approximate surface area is 136 Å². The van der Waals surface area contributed by atoms with E-state index in [-0.39, 0.29) is 0 Å². The number of nitrogens with one attached hydrogen (secondary N) is 1. The fraction of sp³-hybridized carbons (Fsp3) is 0.500. The first kappa shape index (κ1) is 14.4. The van der Waals surface area contributed by atoms with Gasteiger partial charge in [0, 0.05) is 11.4 Å². The van der Waals surface area contributed by atoms with Crippen molar-refractivity contribution in [1.29, 1.82) is 0 Å². The highest BCUT2D eigenvalue weighted by atomic mass is 15.4. The molecule has 4 rings (SSSR count). The molecule has 1 aliphatic rings. The van der Waals surface area contributed by atoms with Gasteiger partial charge in [-0.05, 0) is 31.9 Å². The molecule has 5 nitrogen and oxygen atoms in total. The number of rotatable bonds is 2. The highest BCUT2D eigenvalue weighted by Gasteiger charge is 2.16. The first-order valence-electron chi connectivity index (χ1n) is 8.70. The zero-order chi connectivity index (χ0) is 15.6. The van der Waals surface area contributed by atoms with Crippen molar-refractivity contribution in [2.75, 3.05) is 5.32 Å². The summed E-state index contributed by atoms with van der Waals surface area (Å²) >= 11 is 0. The van der Waals surface area contributed by atoms with Crippen LogP contribution in [0.4, 0.5) is 5.95 Å². The standard InChI is InChI=1S/C18H23N5/c1-13-19-17-15-11-7-8-12-16(15)21-18(23(17)22-13)20-14-9-5-3-2-4-6-10-14/h7-8,11-12,14H,2-6,9-10H2,1H3,(H,20,21). The molecule has 0 saturated heterocycles. The van der Waals surface area contributed by atoms with Crippen LogP contribution in [0.2, 0.25) is 0 Å². The fourth-order valence-corrected chi connectivity index (χ4v) is 3.54. The molecule has 5 heteroatoms. The lowest BCUT2D eigenvalue weighted by atomic mass is 9.97. The summed E-state index contributed by atoms with van der Waals surface area (Å²) in [5.41, 5.74) is 1.86. The monoisotopic (exact) mass is 309 g/mol. The van der Waals surface area contributed by atoms with Gasteiger partial charge in [-0.2, -0.15) is 4.52 Å². The van der Waals surface area contributed by atoms with E-state index in [0.717, 1.165) is 28.3 Å². The van der Waals surface area contributed by atoms with Crippen LogP contribution >= 0.6 is 0 Å². The van der Waals surface area contributed by atoms with E-state index < -0.39 is 0 Å². The number of hydrogen-bond donors (Lipinski definition) is 1. The van der Waals surface area contributed by atoms with Gasteiger partial charge in [0.2, 0.25) is 5.95 Å². The maximum atomic E-state index is 4.81. The number of anilines is 1. The van der Waals surface area contributed by atoms with Gasteiger partial charge < -0.3 is 5.32 Å². The predicted molar refractivity (Wildman–Crippen MR) is 92.8 cm³/mol. The average Bonchev–Trinajstić information content (AvgIpc) is 2.92. The lowest BCUT2D eigenvalue weighted by Crippen LogP contribution is -2.23. The normalized spacial score (nSPS) is 17.3. The lowest BCUT2D eigenvalue weighted by Gasteiger charge is -2.21. The number of benzene rings is 1. The Morgan fingerprint density at radius 3 is 2.57 bits per heavy atom. The number of aryl methyl sites for hydroxylation is 1. The molecule has 1 aromatic carbocycles. The van der Waals surface area contributed by atoms with Gasteiger partial charge in [-0.3, -0.25) is 0 Å². The second kappa shape index (κ2) is 6.14. The van der Waals surface area contributed by atoms with Crippen LogP contribution in [0.3, 0.4) is 0 Å². The first-order valence-corrected chi connectivity index (χ1v) is 8.70. The molecule has 0 aliphatic heterocycles. The predicted octanol–water partition coefficient (Wildman–Crippen LogP) is 4.11. The van der Waals surface area contributed by atoms with Crippen molar-refractivity contribution in [3.05, 3.63) is 30.1 Å². The molecule has 1 N–H and O–H groups in total.